The number of amides is 2. The van der Waals surface area contributed by atoms with Crippen LogP contribution in [0.5, 0.6) is 0 Å². The molecule has 0 saturated carbocycles. The van der Waals surface area contributed by atoms with Crippen molar-refractivity contribution >= 4 is 23.5 Å². The molecule has 2 amide bonds. The molecule has 3 rings (SSSR count). The van der Waals surface area contributed by atoms with Gasteiger partial charge in [0, 0.05) is 24.4 Å². The minimum absolute atomic E-state index is 0.0717. The summed E-state index contributed by atoms with van der Waals surface area (Å²) < 4.78 is 5.36. The maximum absolute atomic E-state index is 12.6. The van der Waals surface area contributed by atoms with Gasteiger partial charge in [-0.25, -0.2) is 0 Å². The molecule has 1 fully saturated rings. The van der Waals surface area contributed by atoms with E-state index in [2.05, 4.69) is 10.6 Å². The lowest BCUT2D eigenvalue weighted by Crippen LogP contribution is -2.44. The van der Waals surface area contributed by atoms with Gasteiger partial charge < -0.3 is 20.5 Å². The maximum Gasteiger partial charge on any atom is 0.315 e. The van der Waals surface area contributed by atoms with Gasteiger partial charge in [-0.15, -0.1) is 0 Å². The van der Waals surface area contributed by atoms with E-state index in [1.54, 1.807) is 61.5 Å². The molecule has 1 aliphatic heterocycles. The molecule has 3 N–H and O–H groups in total. The maximum atomic E-state index is 12.6. The number of nitrogens with one attached hydrogen (secondary N) is 2. The van der Waals surface area contributed by atoms with E-state index in [1.165, 1.54) is 0 Å². The van der Waals surface area contributed by atoms with Gasteiger partial charge in [0.2, 0.25) is 0 Å². The van der Waals surface area contributed by atoms with Crippen LogP contribution in [0.25, 0.3) is 0 Å². The molecule has 0 spiro atoms. The highest BCUT2D eigenvalue weighted by Crippen LogP contribution is 2.23. The molecule has 1 aliphatic rings. The zero-order chi connectivity index (χ0) is 20.9. The molecule has 0 bridgehead atoms. The smallest absolute Gasteiger partial charge is 0.315 e. The van der Waals surface area contributed by atoms with E-state index in [9.17, 15) is 19.5 Å². The van der Waals surface area contributed by atoms with Crippen LogP contribution < -0.4 is 10.6 Å². The first-order chi connectivity index (χ1) is 13.9. The fourth-order valence-corrected chi connectivity index (χ4v) is 3.21. The van der Waals surface area contributed by atoms with E-state index in [0.29, 0.717) is 29.8 Å². The summed E-state index contributed by atoms with van der Waals surface area (Å²) in [5.74, 6) is -1.68. The quantitative estimate of drug-likeness (QED) is 0.667. The molecule has 0 aliphatic carbocycles. The number of carbonyl (C=O) groups excluding carboxylic acids is 2. The molecule has 1 saturated heterocycles. The second-order valence-electron chi connectivity index (χ2n) is 7.26. The Morgan fingerprint density at radius 2 is 1.90 bits per heavy atom. The Balaban J connectivity index is 1.67. The van der Waals surface area contributed by atoms with Crippen LogP contribution in [0.1, 0.15) is 35.7 Å². The van der Waals surface area contributed by atoms with Gasteiger partial charge >= 0.3 is 5.97 Å². The van der Waals surface area contributed by atoms with Crippen molar-refractivity contribution in [2.75, 3.05) is 18.5 Å². The lowest BCUT2D eigenvalue weighted by molar-refractivity contribution is -0.143. The Hall–Kier alpha value is -3.19. The highest BCUT2D eigenvalue weighted by atomic mass is 16.5. The highest BCUT2D eigenvalue weighted by Gasteiger charge is 2.35. The van der Waals surface area contributed by atoms with Gasteiger partial charge in [0.15, 0.2) is 0 Å². The van der Waals surface area contributed by atoms with Gasteiger partial charge in [0.1, 0.15) is 11.5 Å². The molecule has 2 atom stereocenters. The molecule has 2 unspecified atom stereocenters. The van der Waals surface area contributed by atoms with Crippen molar-refractivity contribution in [1.82, 2.24) is 5.32 Å². The monoisotopic (exact) mass is 396 g/mol. The van der Waals surface area contributed by atoms with E-state index >= 15 is 0 Å². The first-order valence-electron chi connectivity index (χ1n) is 9.50. The van der Waals surface area contributed by atoms with Crippen LogP contribution in [0.2, 0.25) is 0 Å². The van der Waals surface area contributed by atoms with E-state index in [0.717, 1.165) is 6.42 Å². The number of carboxylic acids is 1. The van der Waals surface area contributed by atoms with Gasteiger partial charge in [-0.2, -0.15) is 0 Å². The van der Waals surface area contributed by atoms with Crippen LogP contribution in [0.15, 0.2) is 54.6 Å². The number of hydrogen-bond acceptors (Lipinski definition) is 4. The number of ether oxygens (including phenoxy) is 1. The van der Waals surface area contributed by atoms with Crippen LogP contribution >= 0.6 is 0 Å². The van der Waals surface area contributed by atoms with E-state index in [1.807, 2.05) is 0 Å². The molecule has 1 heterocycles. The van der Waals surface area contributed by atoms with Crippen molar-refractivity contribution in [3.8, 4) is 0 Å². The molecule has 152 valence electrons. The number of benzene rings is 2. The van der Waals surface area contributed by atoms with Crippen LogP contribution in [0.3, 0.4) is 0 Å². The number of anilines is 1. The molecule has 7 nitrogen and oxygen atoms in total. The first-order valence-corrected chi connectivity index (χ1v) is 9.50. The fraction of sp³-hybridized carbons (Fsp3) is 0.318. The average Bonchev–Trinajstić information content (AvgIpc) is 3.27. The second-order valence-corrected chi connectivity index (χ2v) is 7.26. The third-order valence-corrected chi connectivity index (χ3v) is 5.10. The number of rotatable bonds is 7. The number of carboxylic acid groups (broad SMARTS) is 1. The van der Waals surface area contributed by atoms with Gasteiger partial charge in [0.05, 0.1) is 0 Å². The third kappa shape index (κ3) is 4.81. The topological polar surface area (TPSA) is 105 Å². The summed E-state index contributed by atoms with van der Waals surface area (Å²) in [4.78, 5) is 36.6. The van der Waals surface area contributed by atoms with Gasteiger partial charge in [0.25, 0.3) is 11.8 Å². The molecule has 0 aromatic heterocycles. The molecule has 2 aromatic rings. The Kier molecular flexibility index (Phi) is 6.29. The van der Waals surface area contributed by atoms with Crippen molar-refractivity contribution in [2.45, 2.75) is 31.3 Å². The van der Waals surface area contributed by atoms with Crippen molar-refractivity contribution < 1.29 is 24.2 Å². The molecular formula is C22H24N2O5. The predicted octanol–water partition coefficient (Wildman–Crippen LogP) is 2.58. The normalized spacial score (nSPS) is 17.9. The van der Waals surface area contributed by atoms with Crippen LogP contribution in [0.4, 0.5) is 5.69 Å². The summed E-state index contributed by atoms with van der Waals surface area (Å²) in [5.41, 5.74) is 0.159. The van der Waals surface area contributed by atoms with Gasteiger partial charge in [-0.05, 0) is 43.5 Å². The summed E-state index contributed by atoms with van der Waals surface area (Å²) in [6.07, 6.45) is 1.07. The Bertz CT molecular complexity index is 893. The van der Waals surface area contributed by atoms with Crippen molar-refractivity contribution in [3.05, 3.63) is 65.7 Å². The van der Waals surface area contributed by atoms with Crippen molar-refractivity contribution in [3.63, 3.8) is 0 Å². The van der Waals surface area contributed by atoms with Crippen LogP contribution in [0, 0.1) is 0 Å². The number of aliphatic carboxylic acids is 1. The minimum Gasteiger partial charge on any atom is -0.481 e. The van der Waals surface area contributed by atoms with E-state index < -0.39 is 23.4 Å². The number of carbonyl (C=O) groups is 3. The predicted molar refractivity (Wildman–Crippen MR) is 108 cm³/mol. The summed E-state index contributed by atoms with van der Waals surface area (Å²) in [6, 6.07) is 15.3. The largest absolute Gasteiger partial charge is 0.481 e. The molecule has 7 heteroatoms. The van der Waals surface area contributed by atoms with Crippen LogP contribution in [-0.2, 0) is 19.7 Å². The third-order valence-electron chi connectivity index (χ3n) is 5.10. The summed E-state index contributed by atoms with van der Waals surface area (Å²) in [6.45, 7) is 2.07. The summed E-state index contributed by atoms with van der Waals surface area (Å²) >= 11 is 0. The highest BCUT2D eigenvalue weighted by molar-refractivity contribution is 5.98. The van der Waals surface area contributed by atoms with Gasteiger partial charge in [-0.1, -0.05) is 36.4 Å². The van der Waals surface area contributed by atoms with E-state index in [4.69, 9.17) is 4.74 Å². The van der Waals surface area contributed by atoms with Gasteiger partial charge in [-0.3, -0.25) is 14.4 Å². The zero-order valence-corrected chi connectivity index (χ0v) is 16.2. The SMILES string of the molecule is CC(CNC(=O)c1cccc(NC(=O)C2CCCO2)c1)(C(=O)O)c1ccccc1. The number of hydrogen-bond donors (Lipinski definition) is 3. The Morgan fingerprint density at radius 3 is 2.55 bits per heavy atom. The second kappa shape index (κ2) is 8.87. The average molecular weight is 396 g/mol. The first kappa shape index (κ1) is 20.5. The molecular weight excluding hydrogens is 372 g/mol. The Labute approximate surface area is 169 Å². The molecule has 29 heavy (non-hydrogen) atoms. The Morgan fingerprint density at radius 1 is 1.14 bits per heavy atom. The minimum atomic E-state index is -1.26. The zero-order valence-electron chi connectivity index (χ0n) is 16.2. The van der Waals surface area contributed by atoms with Crippen LogP contribution in [-0.4, -0.2) is 42.1 Å². The molecule has 2 aromatic carbocycles. The standard InChI is InChI=1S/C22H24N2O5/c1-22(21(27)28,16-8-3-2-4-9-16)14-23-19(25)15-7-5-10-17(13-15)24-20(26)18-11-6-12-29-18/h2-5,7-10,13,18H,6,11-12,14H2,1H3,(H,23,25)(H,24,26)(H,27,28). The lowest BCUT2D eigenvalue weighted by Gasteiger charge is -2.25. The van der Waals surface area contributed by atoms with Crippen molar-refractivity contribution in [2.24, 2.45) is 0 Å². The lowest BCUT2D eigenvalue weighted by atomic mass is 9.82. The fourth-order valence-electron chi connectivity index (χ4n) is 3.21. The summed E-state index contributed by atoms with van der Waals surface area (Å²) in [7, 11) is 0. The summed E-state index contributed by atoms with van der Waals surface area (Å²) in [5, 5.41) is 15.2. The van der Waals surface area contributed by atoms with E-state index in [-0.39, 0.29) is 12.5 Å². The molecule has 0 radical (unpaired) electrons. The van der Waals surface area contributed by atoms with Crippen molar-refractivity contribution in [1.29, 1.82) is 0 Å².